The van der Waals surface area contributed by atoms with Gasteiger partial charge in [-0.25, -0.2) is 23.7 Å². The summed E-state index contributed by atoms with van der Waals surface area (Å²) < 4.78 is 181. The summed E-state index contributed by atoms with van der Waals surface area (Å²) in [7, 11) is -15.7. The van der Waals surface area contributed by atoms with Gasteiger partial charge in [-0.05, 0) is 86.0 Å². The smallest absolute Gasteiger partial charge is 0.338 e. The van der Waals surface area contributed by atoms with Gasteiger partial charge in [-0.3, -0.25) is 52.2 Å². The molecule has 4 fully saturated rings. The van der Waals surface area contributed by atoms with Gasteiger partial charge in [0.05, 0.1) is 138 Å². The van der Waals surface area contributed by atoms with Gasteiger partial charge in [0.1, 0.15) is 91.0 Å². The molecule has 2 aliphatic carbocycles. The van der Waals surface area contributed by atoms with Crippen LogP contribution in [0, 0.1) is 11.8 Å². The monoisotopic (exact) mass is 1910 g/mol. The molecule has 2 aliphatic heterocycles. The molecule has 2 saturated heterocycles. The number of carbonyl (C=O) groups is 8. The van der Waals surface area contributed by atoms with Crippen molar-refractivity contribution in [1.82, 2.24) is 55.9 Å². The number of aliphatic carboxylic acids is 1. The molecule has 10 rings (SSSR count). The number of rotatable bonds is 50. The Hall–Kier alpha value is -10.3. The second-order valence-electron chi connectivity index (χ2n) is 30.5. The van der Waals surface area contributed by atoms with Crippen LogP contribution in [-0.4, -0.2) is 342 Å². The number of hydrogen-bond acceptors (Lipinski definition) is 38. The number of amides is 6. The van der Waals surface area contributed by atoms with Crippen molar-refractivity contribution in [3.8, 4) is 0 Å². The topological polar surface area (TPSA) is 754 Å². The largest absolute Gasteiger partial charge is 0.479 e. The Kier molecular flexibility index (Phi) is 38.0. The van der Waals surface area contributed by atoms with Crippen molar-refractivity contribution in [2.75, 3.05) is 110 Å². The second kappa shape index (κ2) is 48.4. The number of fused-ring (bicyclic) bond motifs is 1. The summed E-state index contributed by atoms with van der Waals surface area (Å²) in [5.41, 5.74) is 2.44. The summed E-state index contributed by atoms with van der Waals surface area (Å²) in [5.74, 6) is -9.42. The molecular weight excluding hydrogens is 1810 g/mol. The summed E-state index contributed by atoms with van der Waals surface area (Å²) in [6.07, 6.45) is -18.9. The molecule has 4 aliphatic rings. The van der Waals surface area contributed by atoms with E-state index in [0.29, 0.717) is 87.6 Å². The van der Waals surface area contributed by atoms with E-state index in [2.05, 4.69) is 52.2 Å². The lowest BCUT2D eigenvalue weighted by molar-refractivity contribution is -0.347. The van der Waals surface area contributed by atoms with E-state index in [-0.39, 0.29) is 82.8 Å². The molecular formula is C76H102N14O38S3. The number of carboxylic acids is 1. The summed E-state index contributed by atoms with van der Waals surface area (Å²) in [6, 6.07) is 6.26. The Morgan fingerprint density at radius 2 is 1.19 bits per heavy atom. The number of aromatic nitrogens is 8. The highest BCUT2D eigenvalue weighted by atomic mass is 32.2. The molecule has 55 heteroatoms. The lowest BCUT2D eigenvalue weighted by atomic mass is 9.80. The Morgan fingerprint density at radius 1 is 0.611 bits per heavy atom. The van der Waals surface area contributed by atoms with Crippen LogP contribution in [0.2, 0.25) is 0 Å². The molecule has 131 heavy (non-hydrogen) atoms. The molecule has 722 valence electrons. The van der Waals surface area contributed by atoms with E-state index in [0.717, 1.165) is 19.3 Å². The van der Waals surface area contributed by atoms with Gasteiger partial charge in [0.25, 0.3) is 41.8 Å². The number of nitrogens with one attached hydrogen (secondary N) is 7. The molecule has 3 aromatic carbocycles. The molecule has 6 amide bonds. The molecule has 0 radical (unpaired) electrons. The predicted octanol–water partition coefficient (Wildman–Crippen LogP) is -4.83. The van der Waals surface area contributed by atoms with E-state index in [1.165, 1.54) is 46.7 Å². The summed E-state index contributed by atoms with van der Waals surface area (Å²) in [6.45, 7) is -0.846. The van der Waals surface area contributed by atoms with Crippen molar-refractivity contribution in [3.63, 3.8) is 0 Å². The zero-order chi connectivity index (χ0) is 94.9. The SMILES string of the molecule is CC1O[C@@H](OC2C(NC(=O)c3cc(=O)[nH]c(=O)[nH]3)CC(C(=O)NCCNC(=O)COCCOCC(=O)Nc3cc(S(=O)(=O)O)cc4cc(S(=O)(=O)O)cc(S(=O)(=O)O)c34)C[C@H]2O[C@H]2OC(CO)[C@H](O)C(O[C@@H](CC3CCCCC3)C(=O)O)C2OC(=O)c2ccc(NC(=O)Cn3cc(COCCOCCOCCOCCOCc4cn(CC(N)=O)nn4)nn3)cc2)C(O)C(O)[C@@H]1O. The number of H-pyrrole nitrogens is 2. The fourth-order valence-corrected chi connectivity index (χ4v) is 16.4. The van der Waals surface area contributed by atoms with Gasteiger partial charge < -0.3 is 130 Å². The maximum absolute atomic E-state index is 14.8. The van der Waals surface area contributed by atoms with Crippen LogP contribution in [0.1, 0.15) is 90.5 Å². The lowest BCUT2D eigenvalue weighted by Gasteiger charge is -2.48. The number of primary amides is 1. The number of nitrogens with two attached hydrogens (primary N) is 1. The zero-order valence-electron chi connectivity index (χ0n) is 70.0. The Morgan fingerprint density at radius 3 is 1.77 bits per heavy atom. The van der Waals surface area contributed by atoms with E-state index < -0.39 is 263 Å². The van der Waals surface area contributed by atoms with E-state index >= 15 is 0 Å². The molecule has 2 saturated carbocycles. The highest BCUT2D eigenvalue weighted by Crippen LogP contribution is 2.40. The maximum Gasteiger partial charge on any atom is 0.338 e. The quantitative estimate of drug-likeness (QED) is 0.00968. The summed E-state index contributed by atoms with van der Waals surface area (Å²) in [4.78, 5) is 134. The van der Waals surface area contributed by atoms with Crippen molar-refractivity contribution in [1.29, 1.82) is 0 Å². The third kappa shape index (κ3) is 30.9. The highest BCUT2D eigenvalue weighted by Gasteiger charge is 2.55. The van der Waals surface area contributed by atoms with E-state index in [4.69, 9.17) is 67.3 Å². The minimum Gasteiger partial charge on any atom is -0.479 e. The van der Waals surface area contributed by atoms with Crippen LogP contribution < -0.4 is 43.6 Å². The molecule has 5 heterocycles. The van der Waals surface area contributed by atoms with Crippen LogP contribution in [0.4, 0.5) is 11.4 Å². The zero-order valence-corrected chi connectivity index (χ0v) is 72.5. The average Bonchev–Trinajstić information content (AvgIpc) is 0.883. The number of anilines is 2. The Bertz CT molecular complexity index is 5360. The minimum absolute atomic E-state index is 0.0180. The number of carbonyl (C=O) groups excluding carboxylic acids is 7. The average molecular weight is 1920 g/mol. The maximum atomic E-state index is 14.8. The molecule has 3 aromatic heterocycles. The third-order valence-corrected chi connectivity index (χ3v) is 23.3. The van der Waals surface area contributed by atoms with Crippen molar-refractivity contribution < 1.29 is 169 Å². The standard InChI is InChI=1S/C76H102N14O38S3/c1-40-63(97)65(99)66(100)74(123-40)128-67-51(82-71(102)52-30-58(93)84-76(106)83-52)26-44(70(101)79-12-11-78-60(95)38-121-21-22-122-39-61(96)81-50-28-48(129(107,108)109)24-43-25-49(130(110,111)112)29-56(62(43)50)131(113,114)115)27-53(67)125-75-69(68(64(98)55(35-91)126-75)124-54(72(103)104)23-41-5-3-2-4-6-41)127-73(105)42-7-9-45(10-8-42)80-59(94)34-90-32-47(86-88-90)37-120-20-18-118-16-14-116-13-15-117-17-19-119-36-46-31-89(87-85-46)33-57(77)92/h7-10,24-25,28-32,40-41,44,51,53-55,63-69,74-75,91,97-100H,2-6,11-23,26-27,33-39H2,1H3,(H2,77,92)(H,78,95)(H,79,101)(H,80,94)(H,81,96)(H,82,102)(H,103,104)(H,107,108,109)(H,110,111,112)(H,113,114,115)(H2,83,84,93,106)/t40?,44?,51?,53-,54+,55?,63-,64+,65?,66?,67?,68?,69?,74+,75+/m1/s1. The number of ether oxygens (including phenoxy) is 13. The van der Waals surface area contributed by atoms with Crippen LogP contribution in [0.15, 0.2) is 91.3 Å². The number of nitrogens with zero attached hydrogens (tertiary/aromatic N) is 6. The first kappa shape index (κ1) is 103. The summed E-state index contributed by atoms with van der Waals surface area (Å²) in [5, 5.41) is 94.2. The fourth-order valence-electron chi connectivity index (χ4n) is 14.5. The van der Waals surface area contributed by atoms with Crippen molar-refractivity contribution in [3.05, 3.63) is 110 Å². The van der Waals surface area contributed by atoms with Gasteiger partial charge in [-0.15, -0.1) is 10.2 Å². The molecule has 52 nitrogen and oxygen atoms in total. The van der Waals surface area contributed by atoms with Crippen molar-refractivity contribution in [2.45, 2.75) is 185 Å². The number of carboxylic acid groups (broad SMARTS) is 1. The van der Waals surface area contributed by atoms with Crippen molar-refractivity contribution >= 4 is 99.9 Å². The van der Waals surface area contributed by atoms with Crippen molar-refractivity contribution in [2.24, 2.45) is 17.6 Å². The second-order valence-corrected chi connectivity index (χ2v) is 34.8. The number of hydrogen-bond donors (Lipinski definition) is 17. The first-order valence-corrected chi connectivity index (χ1v) is 45.2. The summed E-state index contributed by atoms with van der Waals surface area (Å²) >= 11 is 0. The fraction of sp³-hybridized carbons (Fsp3) is 0.579. The first-order chi connectivity index (χ1) is 62.3. The van der Waals surface area contributed by atoms with Gasteiger partial charge in [-0.2, -0.15) is 25.3 Å². The molecule has 6 aromatic rings. The lowest BCUT2D eigenvalue weighted by Crippen LogP contribution is -2.65. The van der Waals surface area contributed by atoms with Gasteiger partial charge in [0.2, 0.25) is 29.5 Å². The number of aliphatic hydroxyl groups excluding tert-OH is 5. The predicted molar refractivity (Wildman–Crippen MR) is 438 cm³/mol. The Balaban J connectivity index is 0.783. The van der Waals surface area contributed by atoms with Crippen LogP contribution in [0.3, 0.4) is 0 Å². The van der Waals surface area contributed by atoms with Crippen LogP contribution in [0.25, 0.3) is 10.8 Å². The minimum atomic E-state index is -5.38. The van der Waals surface area contributed by atoms with E-state index in [1.807, 2.05) is 4.98 Å². The number of esters is 1. The van der Waals surface area contributed by atoms with Gasteiger partial charge in [0, 0.05) is 36.1 Å². The van der Waals surface area contributed by atoms with Gasteiger partial charge in [0.15, 0.2) is 24.8 Å². The first-order valence-electron chi connectivity index (χ1n) is 40.9. The number of benzene rings is 3. The van der Waals surface area contributed by atoms with Crippen LogP contribution in [-0.2, 0) is 147 Å². The third-order valence-electron chi connectivity index (χ3n) is 20.7. The number of aliphatic hydroxyl groups is 5. The normalized spacial score (nSPS) is 22.9. The van der Waals surface area contributed by atoms with Crippen LogP contribution >= 0.6 is 0 Å². The van der Waals surface area contributed by atoms with Gasteiger partial charge in [-0.1, -0.05) is 42.5 Å². The molecule has 15 atom stereocenters. The number of aromatic amines is 2. The molecule has 0 spiro atoms. The highest BCUT2D eigenvalue weighted by molar-refractivity contribution is 7.87. The van der Waals surface area contributed by atoms with Crippen LogP contribution in [0.5, 0.6) is 0 Å². The van der Waals surface area contributed by atoms with E-state index in [1.54, 1.807) is 6.20 Å². The molecule has 0 bridgehead atoms. The van der Waals surface area contributed by atoms with Gasteiger partial charge >= 0.3 is 17.6 Å². The molecule has 9 unspecified atom stereocenters. The Labute approximate surface area is 744 Å². The van der Waals surface area contributed by atoms with E-state index in [9.17, 15) is 117 Å². The molecule has 18 N–H and O–H groups in total.